The van der Waals surface area contributed by atoms with Crippen LogP contribution in [0.3, 0.4) is 0 Å². The molecule has 2 aromatic heterocycles. The SMILES string of the molecule is Cc1sc2cc(C#N)ccc2c1C1=C(c2c(C)sc3cc(C#N)ccc23)C(F)(F)C(F)(F)C1(F)F. The molecule has 5 rings (SSSR count). The van der Waals surface area contributed by atoms with Crippen LogP contribution in [0, 0.1) is 36.5 Å². The van der Waals surface area contributed by atoms with Crippen molar-refractivity contribution in [1.82, 2.24) is 0 Å². The first-order valence-corrected chi connectivity index (χ1v) is 11.8. The predicted octanol–water partition coefficient (Wildman–Crippen LogP) is 8.31. The lowest BCUT2D eigenvalue weighted by Crippen LogP contribution is -2.48. The highest BCUT2D eigenvalue weighted by molar-refractivity contribution is 7.19. The number of aryl methyl sites for hydroxylation is 2. The Morgan fingerprint density at radius 1 is 0.657 bits per heavy atom. The second-order valence-electron chi connectivity index (χ2n) is 8.19. The zero-order valence-electron chi connectivity index (χ0n) is 17.9. The Hall–Kier alpha value is -3.34. The fourth-order valence-electron chi connectivity index (χ4n) is 4.59. The number of fused-ring (bicyclic) bond motifs is 2. The Kier molecular flexibility index (Phi) is 4.90. The zero-order chi connectivity index (χ0) is 25.5. The molecule has 0 saturated carbocycles. The highest BCUT2D eigenvalue weighted by Gasteiger charge is 2.80. The fourth-order valence-corrected chi connectivity index (χ4v) is 6.81. The average Bonchev–Trinajstić information content (AvgIpc) is 3.32. The molecule has 2 nitrogen and oxygen atoms in total. The summed E-state index contributed by atoms with van der Waals surface area (Å²) in [7, 11) is 0. The van der Waals surface area contributed by atoms with E-state index >= 15 is 17.6 Å². The van der Waals surface area contributed by atoms with Crippen LogP contribution in [-0.2, 0) is 0 Å². The molecule has 0 bridgehead atoms. The van der Waals surface area contributed by atoms with Gasteiger partial charge in [0.05, 0.1) is 23.3 Å². The van der Waals surface area contributed by atoms with Gasteiger partial charge in [-0.2, -0.15) is 36.9 Å². The molecule has 0 amide bonds. The number of halogens is 6. The average molecular weight is 519 g/mol. The summed E-state index contributed by atoms with van der Waals surface area (Å²) in [5.41, 5.74) is -3.12. The maximum Gasteiger partial charge on any atom is 0.380 e. The van der Waals surface area contributed by atoms with Crippen molar-refractivity contribution < 1.29 is 26.3 Å². The molecule has 0 radical (unpaired) electrons. The van der Waals surface area contributed by atoms with Gasteiger partial charge in [-0.25, -0.2) is 0 Å². The molecule has 1 aliphatic rings. The molecule has 1 aliphatic carbocycles. The van der Waals surface area contributed by atoms with E-state index in [4.69, 9.17) is 10.5 Å². The van der Waals surface area contributed by atoms with E-state index in [1.165, 1.54) is 50.2 Å². The molecular formula is C25H12F6N2S2. The third-order valence-corrected chi connectivity index (χ3v) is 8.29. The molecule has 10 heteroatoms. The van der Waals surface area contributed by atoms with E-state index in [9.17, 15) is 8.78 Å². The van der Waals surface area contributed by atoms with Crippen molar-refractivity contribution in [2.45, 2.75) is 31.6 Å². The van der Waals surface area contributed by atoms with Gasteiger partial charge < -0.3 is 0 Å². The van der Waals surface area contributed by atoms with Crippen LogP contribution in [-0.4, -0.2) is 17.8 Å². The Labute approximate surface area is 202 Å². The summed E-state index contributed by atoms with van der Waals surface area (Å²) in [6.07, 6.45) is 0. The van der Waals surface area contributed by atoms with Crippen molar-refractivity contribution in [3.63, 3.8) is 0 Å². The number of rotatable bonds is 2. The van der Waals surface area contributed by atoms with Crippen LogP contribution in [0.25, 0.3) is 31.3 Å². The molecule has 35 heavy (non-hydrogen) atoms. The van der Waals surface area contributed by atoms with Gasteiger partial charge in [0.2, 0.25) is 0 Å². The van der Waals surface area contributed by atoms with E-state index in [0.717, 1.165) is 22.7 Å². The topological polar surface area (TPSA) is 47.6 Å². The molecule has 0 atom stereocenters. The third kappa shape index (κ3) is 2.93. The minimum absolute atomic E-state index is 0.0936. The molecule has 2 heterocycles. The van der Waals surface area contributed by atoms with Crippen LogP contribution in [0.2, 0.25) is 0 Å². The number of nitrogens with zero attached hydrogens (tertiary/aromatic N) is 2. The minimum atomic E-state index is -5.68. The van der Waals surface area contributed by atoms with Crippen molar-refractivity contribution in [3.05, 3.63) is 68.4 Å². The van der Waals surface area contributed by atoms with Gasteiger partial charge in [0.1, 0.15) is 0 Å². The lowest BCUT2D eigenvalue weighted by Gasteiger charge is -2.26. The number of alkyl halides is 6. The van der Waals surface area contributed by atoms with Gasteiger partial charge in [-0.1, -0.05) is 12.1 Å². The molecule has 0 spiro atoms. The summed E-state index contributed by atoms with van der Waals surface area (Å²) in [5, 5.41) is 18.5. The summed E-state index contributed by atoms with van der Waals surface area (Å²) in [6.45, 7) is 2.80. The smallest absolute Gasteiger partial charge is 0.194 e. The molecule has 0 N–H and O–H groups in total. The van der Waals surface area contributed by atoms with Gasteiger partial charge in [-0.05, 0) is 38.1 Å². The molecule has 0 fully saturated rings. The summed E-state index contributed by atoms with van der Waals surface area (Å²) < 4.78 is 92.1. The first-order chi connectivity index (χ1) is 16.4. The maximum absolute atomic E-state index is 15.4. The Balaban J connectivity index is 1.96. The zero-order valence-corrected chi connectivity index (χ0v) is 19.6. The Bertz CT molecular complexity index is 1560. The lowest BCUT2D eigenvalue weighted by molar-refractivity contribution is -0.254. The summed E-state index contributed by atoms with van der Waals surface area (Å²) in [6, 6.07) is 11.9. The second-order valence-corrected chi connectivity index (χ2v) is 10.7. The number of nitriles is 2. The van der Waals surface area contributed by atoms with Crippen molar-refractivity contribution in [3.8, 4) is 12.1 Å². The van der Waals surface area contributed by atoms with E-state index in [0.29, 0.717) is 9.40 Å². The van der Waals surface area contributed by atoms with Gasteiger partial charge in [0, 0.05) is 52.2 Å². The van der Waals surface area contributed by atoms with Gasteiger partial charge >= 0.3 is 17.8 Å². The molecular weight excluding hydrogens is 506 g/mol. The van der Waals surface area contributed by atoms with E-state index in [2.05, 4.69) is 0 Å². The van der Waals surface area contributed by atoms with E-state index in [1.54, 1.807) is 0 Å². The van der Waals surface area contributed by atoms with Crippen LogP contribution < -0.4 is 0 Å². The summed E-state index contributed by atoms with van der Waals surface area (Å²) >= 11 is 1.93. The molecule has 0 aliphatic heterocycles. The number of benzene rings is 2. The van der Waals surface area contributed by atoms with E-state index in [-0.39, 0.29) is 42.8 Å². The lowest BCUT2D eigenvalue weighted by atomic mass is 9.91. The predicted molar refractivity (Wildman–Crippen MR) is 124 cm³/mol. The normalized spacial score (nSPS) is 18.2. The summed E-state index contributed by atoms with van der Waals surface area (Å²) in [5.74, 6) is -16.0. The van der Waals surface area contributed by atoms with Gasteiger partial charge in [0.25, 0.3) is 0 Å². The summed E-state index contributed by atoms with van der Waals surface area (Å²) in [4.78, 5) is 0.305. The highest BCUT2D eigenvalue weighted by atomic mass is 32.1. The molecule has 4 aromatic rings. The number of thiophene rings is 2. The van der Waals surface area contributed by atoms with Crippen molar-refractivity contribution >= 4 is 54.0 Å². The van der Waals surface area contributed by atoms with Crippen molar-refractivity contribution in [2.24, 2.45) is 0 Å². The standard InChI is InChI=1S/C25H12F6N2S2/c1-11-19(15-5-3-13(9-32)7-17(15)34-11)21-22(24(28,29)25(30,31)23(21,26)27)20-12(2)35-18-8-14(10-33)4-6-16(18)20/h3-8H,1-2H3. The van der Waals surface area contributed by atoms with Crippen LogP contribution in [0.15, 0.2) is 36.4 Å². The van der Waals surface area contributed by atoms with Crippen LogP contribution >= 0.6 is 22.7 Å². The van der Waals surface area contributed by atoms with Crippen molar-refractivity contribution in [1.29, 1.82) is 10.5 Å². The van der Waals surface area contributed by atoms with Crippen molar-refractivity contribution in [2.75, 3.05) is 0 Å². The fraction of sp³-hybridized carbons (Fsp3) is 0.200. The van der Waals surface area contributed by atoms with Gasteiger partial charge in [0.15, 0.2) is 0 Å². The first-order valence-electron chi connectivity index (χ1n) is 10.1. The third-order valence-electron chi connectivity index (χ3n) is 6.16. The Morgan fingerprint density at radius 3 is 1.37 bits per heavy atom. The molecule has 0 unspecified atom stereocenters. The molecule has 0 saturated heterocycles. The monoisotopic (exact) mass is 518 g/mol. The highest BCUT2D eigenvalue weighted by Crippen LogP contribution is 2.67. The number of hydrogen-bond donors (Lipinski definition) is 0. The van der Waals surface area contributed by atoms with Crippen LogP contribution in [0.4, 0.5) is 26.3 Å². The van der Waals surface area contributed by atoms with Gasteiger partial charge in [-0.15, -0.1) is 22.7 Å². The van der Waals surface area contributed by atoms with Gasteiger partial charge in [-0.3, -0.25) is 0 Å². The quantitative estimate of drug-likeness (QED) is 0.251. The largest absolute Gasteiger partial charge is 0.380 e. The number of allylic oxidation sites excluding steroid dienone is 2. The maximum atomic E-state index is 15.4. The van der Waals surface area contributed by atoms with E-state index in [1.807, 2.05) is 12.1 Å². The first kappa shape index (κ1) is 23.4. The second kappa shape index (κ2) is 7.33. The van der Waals surface area contributed by atoms with Crippen LogP contribution in [0.1, 0.15) is 32.0 Å². The minimum Gasteiger partial charge on any atom is -0.194 e. The van der Waals surface area contributed by atoms with E-state index < -0.39 is 28.9 Å². The number of hydrogen-bond acceptors (Lipinski definition) is 4. The molecule has 2 aromatic carbocycles. The van der Waals surface area contributed by atoms with Crippen LogP contribution in [0.5, 0.6) is 0 Å². The molecule has 176 valence electrons. The Morgan fingerprint density at radius 2 is 1.03 bits per heavy atom.